The first kappa shape index (κ1) is 16.3. The van der Waals surface area contributed by atoms with Gasteiger partial charge < -0.3 is 0 Å². The second-order valence-electron chi connectivity index (χ2n) is 5.31. The van der Waals surface area contributed by atoms with Gasteiger partial charge in [-0.1, -0.05) is 6.07 Å². The summed E-state index contributed by atoms with van der Waals surface area (Å²) in [5.41, 5.74) is 1.82. The summed E-state index contributed by atoms with van der Waals surface area (Å²) in [7, 11) is 1.69. The van der Waals surface area contributed by atoms with Crippen molar-refractivity contribution < 1.29 is 13.6 Å². The molecular formula is C16H14F2N4OS. The average molecular weight is 348 g/mol. The zero-order valence-corrected chi connectivity index (χ0v) is 13.8. The lowest BCUT2D eigenvalue weighted by molar-refractivity contribution is 0.101. The lowest BCUT2D eigenvalue weighted by Gasteiger charge is -2.01. The summed E-state index contributed by atoms with van der Waals surface area (Å²) in [4.78, 5) is 17.2. The molecule has 3 rings (SSSR count). The molecule has 0 atom stereocenters. The molecule has 0 fully saturated rings. The number of nitrogens with one attached hydrogen (secondary N) is 1. The first-order chi connectivity index (χ1) is 11.4. The fraction of sp³-hybridized carbons (Fsp3) is 0.188. The first-order valence-electron chi connectivity index (χ1n) is 7.13. The van der Waals surface area contributed by atoms with Crippen molar-refractivity contribution in [2.75, 3.05) is 5.32 Å². The maximum absolute atomic E-state index is 13.2. The largest absolute Gasteiger partial charge is 0.296 e. The van der Waals surface area contributed by atoms with E-state index in [-0.39, 0.29) is 5.91 Å². The van der Waals surface area contributed by atoms with Crippen molar-refractivity contribution in [2.45, 2.75) is 13.3 Å². The van der Waals surface area contributed by atoms with Crippen LogP contribution in [0.5, 0.6) is 0 Å². The van der Waals surface area contributed by atoms with Gasteiger partial charge in [0.05, 0.1) is 5.69 Å². The fourth-order valence-electron chi connectivity index (χ4n) is 2.28. The van der Waals surface area contributed by atoms with Gasteiger partial charge in [-0.2, -0.15) is 5.10 Å². The van der Waals surface area contributed by atoms with E-state index < -0.39 is 11.6 Å². The minimum atomic E-state index is -0.878. The molecule has 0 saturated carbocycles. The van der Waals surface area contributed by atoms with E-state index in [9.17, 15) is 13.6 Å². The number of carbonyl (C=O) groups is 1. The molecule has 1 aromatic carbocycles. The lowest BCUT2D eigenvalue weighted by Crippen LogP contribution is -2.15. The number of rotatable bonds is 4. The summed E-state index contributed by atoms with van der Waals surface area (Å²) in [6.07, 6.45) is 2.02. The smallest absolute Gasteiger partial charge is 0.275 e. The molecular weight excluding hydrogens is 334 g/mol. The fourth-order valence-corrected chi connectivity index (χ4v) is 3.12. The van der Waals surface area contributed by atoms with Gasteiger partial charge in [0.2, 0.25) is 0 Å². The Balaban J connectivity index is 1.70. The average Bonchev–Trinajstić information content (AvgIpc) is 3.09. The van der Waals surface area contributed by atoms with Crippen molar-refractivity contribution in [3.05, 3.63) is 63.9 Å². The summed E-state index contributed by atoms with van der Waals surface area (Å²) in [6.45, 7) is 1.81. The quantitative estimate of drug-likeness (QED) is 0.787. The second kappa shape index (κ2) is 6.48. The highest BCUT2D eigenvalue weighted by Gasteiger charge is 2.14. The van der Waals surface area contributed by atoms with E-state index in [2.05, 4.69) is 15.4 Å². The number of nitrogens with zero attached hydrogens (tertiary/aromatic N) is 3. The number of halogens is 2. The number of benzene rings is 1. The third-order valence-corrected chi connectivity index (χ3v) is 4.28. The Morgan fingerprint density at radius 1 is 1.29 bits per heavy atom. The summed E-state index contributed by atoms with van der Waals surface area (Å²) in [6, 6.07) is 5.46. The summed E-state index contributed by atoms with van der Waals surface area (Å²) in [5, 5.41) is 7.28. The van der Waals surface area contributed by atoms with Gasteiger partial charge in [0.15, 0.2) is 16.8 Å². The molecule has 2 heterocycles. The minimum Gasteiger partial charge on any atom is -0.296 e. The molecule has 0 unspecified atom stereocenters. The van der Waals surface area contributed by atoms with E-state index in [1.54, 1.807) is 26.2 Å². The summed E-state index contributed by atoms with van der Waals surface area (Å²) >= 11 is 1.28. The molecule has 0 spiro atoms. The van der Waals surface area contributed by atoms with Crippen LogP contribution >= 0.6 is 11.3 Å². The standard InChI is InChI=1S/C16H14F2N4OS/c1-9-5-14(22(2)21-9)15(23)20-16-19-8-11(24-16)6-10-3-4-12(17)13(18)7-10/h3-5,7-8H,6H2,1-2H3,(H,19,20,23). The Labute approximate surface area is 141 Å². The number of aromatic nitrogens is 3. The Morgan fingerprint density at radius 3 is 2.75 bits per heavy atom. The maximum Gasteiger partial charge on any atom is 0.275 e. The van der Waals surface area contributed by atoms with Gasteiger partial charge in [0.25, 0.3) is 5.91 Å². The van der Waals surface area contributed by atoms with Crippen molar-refractivity contribution in [1.82, 2.24) is 14.8 Å². The second-order valence-corrected chi connectivity index (χ2v) is 6.42. The molecule has 0 bridgehead atoms. The normalized spacial score (nSPS) is 10.8. The van der Waals surface area contributed by atoms with Gasteiger partial charge in [-0.3, -0.25) is 14.8 Å². The molecule has 0 aliphatic heterocycles. The van der Waals surface area contributed by atoms with Gasteiger partial charge in [0.1, 0.15) is 5.69 Å². The van der Waals surface area contributed by atoms with Gasteiger partial charge in [-0.25, -0.2) is 13.8 Å². The lowest BCUT2D eigenvalue weighted by atomic mass is 10.1. The molecule has 8 heteroatoms. The van der Waals surface area contributed by atoms with E-state index in [0.717, 1.165) is 22.7 Å². The molecule has 0 radical (unpaired) electrons. The van der Waals surface area contributed by atoms with Crippen molar-refractivity contribution in [3.8, 4) is 0 Å². The number of carbonyl (C=O) groups excluding carboxylic acids is 1. The van der Waals surface area contributed by atoms with E-state index in [4.69, 9.17) is 0 Å². The molecule has 2 aromatic heterocycles. The van der Waals surface area contributed by atoms with Crippen LogP contribution in [0, 0.1) is 18.6 Å². The van der Waals surface area contributed by atoms with Crippen molar-refractivity contribution >= 4 is 22.4 Å². The van der Waals surface area contributed by atoms with Gasteiger partial charge >= 0.3 is 0 Å². The predicted octanol–water partition coefficient (Wildman–Crippen LogP) is 3.31. The predicted molar refractivity (Wildman–Crippen MR) is 87.2 cm³/mol. The van der Waals surface area contributed by atoms with Crippen LogP contribution in [-0.2, 0) is 13.5 Å². The van der Waals surface area contributed by atoms with Crippen LogP contribution in [0.2, 0.25) is 0 Å². The summed E-state index contributed by atoms with van der Waals surface area (Å²) < 4.78 is 27.7. The monoisotopic (exact) mass is 348 g/mol. The maximum atomic E-state index is 13.2. The molecule has 0 saturated heterocycles. The van der Waals surface area contributed by atoms with Gasteiger partial charge in [0, 0.05) is 24.5 Å². The van der Waals surface area contributed by atoms with Crippen molar-refractivity contribution in [1.29, 1.82) is 0 Å². The van der Waals surface area contributed by atoms with Crippen LogP contribution < -0.4 is 5.32 Å². The van der Waals surface area contributed by atoms with E-state index in [0.29, 0.717) is 22.8 Å². The summed E-state index contributed by atoms with van der Waals surface area (Å²) in [5.74, 6) is -2.05. The van der Waals surface area contributed by atoms with E-state index in [1.165, 1.54) is 22.1 Å². The molecule has 3 aromatic rings. The molecule has 0 aliphatic carbocycles. The van der Waals surface area contributed by atoms with Crippen LogP contribution in [0.1, 0.15) is 26.6 Å². The van der Waals surface area contributed by atoms with Crippen LogP contribution in [0.15, 0.2) is 30.5 Å². The van der Waals surface area contributed by atoms with E-state index in [1.807, 2.05) is 0 Å². The highest BCUT2D eigenvalue weighted by atomic mass is 32.1. The Bertz CT molecular complexity index is 903. The van der Waals surface area contributed by atoms with Crippen molar-refractivity contribution in [3.63, 3.8) is 0 Å². The number of hydrogen-bond acceptors (Lipinski definition) is 4. The molecule has 0 aliphatic rings. The Hall–Kier alpha value is -2.61. The first-order valence-corrected chi connectivity index (χ1v) is 7.94. The Kier molecular flexibility index (Phi) is 4.39. The number of thiazole rings is 1. The molecule has 24 heavy (non-hydrogen) atoms. The number of aryl methyl sites for hydroxylation is 2. The topological polar surface area (TPSA) is 59.8 Å². The third kappa shape index (κ3) is 3.48. The highest BCUT2D eigenvalue weighted by molar-refractivity contribution is 7.15. The number of anilines is 1. The van der Waals surface area contributed by atoms with Crippen LogP contribution in [0.3, 0.4) is 0 Å². The third-order valence-electron chi connectivity index (χ3n) is 3.37. The van der Waals surface area contributed by atoms with Crippen LogP contribution in [0.25, 0.3) is 0 Å². The number of amides is 1. The zero-order chi connectivity index (χ0) is 17.3. The molecule has 1 amide bonds. The van der Waals surface area contributed by atoms with Gasteiger partial charge in [-0.05, 0) is 30.7 Å². The highest BCUT2D eigenvalue weighted by Crippen LogP contribution is 2.22. The molecule has 124 valence electrons. The van der Waals surface area contributed by atoms with Gasteiger partial charge in [-0.15, -0.1) is 11.3 Å². The van der Waals surface area contributed by atoms with Crippen LogP contribution in [0.4, 0.5) is 13.9 Å². The van der Waals surface area contributed by atoms with E-state index >= 15 is 0 Å². The molecule has 5 nitrogen and oxygen atoms in total. The SMILES string of the molecule is Cc1cc(C(=O)Nc2ncc(Cc3ccc(F)c(F)c3)s2)n(C)n1. The number of hydrogen-bond donors (Lipinski definition) is 1. The van der Waals surface area contributed by atoms with Crippen LogP contribution in [-0.4, -0.2) is 20.7 Å². The zero-order valence-electron chi connectivity index (χ0n) is 13.0. The Morgan fingerprint density at radius 2 is 2.08 bits per heavy atom. The molecule has 1 N–H and O–H groups in total. The van der Waals surface area contributed by atoms with Crippen molar-refractivity contribution in [2.24, 2.45) is 7.05 Å². The minimum absolute atomic E-state index is 0.299.